The molecule has 0 aliphatic heterocycles. The molecule has 0 amide bonds. The van der Waals surface area contributed by atoms with E-state index in [1.165, 1.54) is 0 Å². The fourth-order valence-electron chi connectivity index (χ4n) is 0.359. The van der Waals surface area contributed by atoms with Crippen LogP contribution in [0, 0.1) is 0 Å². The zero-order valence-electron chi connectivity index (χ0n) is 4.72. The lowest BCUT2D eigenvalue weighted by molar-refractivity contribution is 0.843. The van der Waals surface area contributed by atoms with Gasteiger partial charge in [0.15, 0.2) is 0 Å². The zero-order chi connectivity index (χ0) is 5.70. The molecule has 0 bridgehead atoms. The molecule has 0 aliphatic carbocycles. The van der Waals surface area contributed by atoms with Crippen LogP contribution in [-0.4, -0.2) is 5.25 Å². The molecule has 0 aliphatic rings. The molecule has 7 heavy (non-hydrogen) atoms. The van der Waals surface area contributed by atoms with Crippen molar-refractivity contribution in [3.8, 4) is 0 Å². The minimum absolute atomic E-state index is 0.525. The maximum absolute atomic E-state index is 4.24. The standard InChI is InChI=1S/C6H12S/c1-3-5-6(7)4-2/h3,6-7H,1,4-5H2,2H3. The van der Waals surface area contributed by atoms with E-state index in [0.717, 1.165) is 12.8 Å². The summed E-state index contributed by atoms with van der Waals surface area (Å²) in [6.45, 7) is 5.73. The van der Waals surface area contributed by atoms with E-state index in [0.29, 0.717) is 5.25 Å². The summed E-state index contributed by atoms with van der Waals surface area (Å²) in [5.74, 6) is 0. The van der Waals surface area contributed by atoms with Crippen LogP contribution in [0.25, 0.3) is 0 Å². The van der Waals surface area contributed by atoms with Crippen LogP contribution in [0.3, 0.4) is 0 Å². The fraction of sp³-hybridized carbons (Fsp3) is 0.667. The van der Waals surface area contributed by atoms with Crippen LogP contribution in [-0.2, 0) is 0 Å². The second-order valence-corrected chi connectivity index (χ2v) is 2.32. The average Bonchev–Trinajstić information content (AvgIpc) is 1.68. The minimum atomic E-state index is 0.525. The summed E-state index contributed by atoms with van der Waals surface area (Å²) in [7, 11) is 0. The van der Waals surface area contributed by atoms with E-state index in [-0.39, 0.29) is 0 Å². The van der Waals surface area contributed by atoms with Crippen molar-refractivity contribution in [1.29, 1.82) is 0 Å². The van der Waals surface area contributed by atoms with Crippen LogP contribution in [0.5, 0.6) is 0 Å². The molecule has 1 unspecified atom stereocenters. The summed E-state index contributed by atoms with van der Waals surface area (Å²) >= 11 is 4.24. The molecule has 0 aromatic heterocycles. The number of hydrogen-bond donors (Lipinski definition) is 1. The van der Waals surface area contributed by atoms with E-state index in [2.05, 4.69) is 26.1 Å². The Balaban J connectivity index is 2.98. The molecule has 0 aromatic rings. The third-order valence-corrected chi connectivity index (χ3v) is 1.49. The van der Waals surface area contributed by atoms with Crippen molar-refractivity contribution < 1.29 is 0 Å². The summed E-state index contributed by atoms with van der Waals surface area (Å²) < 4.78 is 0. The maximum Gasteiger partial charge on any atom is 0.00485 e. The van der Waals surface area contributed by atoms with Crippen molar-refractivity contribution in [1.82, 2.24) is 0 Å². The molecule has 1 atom stereocenters. The molecular formula is C6H12S. The SMILES string of the molecule is C=CCC(S)CC. The smallest absolute Gasteiger partial charge is 0.00485 e. The van der Waals surface area contributed by atoms with Gasteiger partial charge in [0.05, 0.1) is 0 Å². The van der Waals surface area contributed by atoms with Gasteiger partial charge in [-0.3, -0.25) is 0 Å². The Kier molecular flexibility index (Phi) is 4.31. The van der Waals surface area contributed by atoms with Crippen LogP contribution in [0.4, 0.5) is 0 Å². The third-order valence-electron chi connectivity index (χ3n) is 0.910. The highest BCUT2D eigenvalue weighted by Gasteiger charge is 1.91. The van der Waals surface area contributed by atoms with Crippen LogP contribution in [0.2, 0.25) is 0 Å². The predicted molar refractivity (Wildman–Crippen MR) is 37.9 cm³/mol. The summed E-state index contributed by atoms with van der Waals surface area (Å²) in [6.07, 6.45) is 4.07. The first kappa shape index (κ1) is 7.09. The molecule has 1 heteroatoms. The van der Waals surface area contributed by atoms with Gasteiger partial charge in [0.25, 0.3) is 0 Å². The van der Waals surface area contributed by atoms with Crippen molar-refractivity contribution in [3.05, 3.63) is 12.7 Å². The van der Waals surface area contributed by atoms with Crippen molar-refractivity contribution in [3.63, 3.8) is 0 Å². The highest BCUT2D eigenvalue weighted by molar-refractivity contribution is 7.80. The largest absolute Gasteiger partial charge is 0.176 e. The van der Waals surface area contributed by atoms with E-state index in [1.54, 1.807) is 0 Å². The lowest BCUT2D eigenvalue weighted by atomic mass is 10.2. The van der Waals surface area contributed by atoms with Gasteiger partial charge < -0.3 is 0 Å². The quantitative estimate of drug-likeness (QED) is 0.424. The zero-order valence-corrected chi connectivity index (χ0v) is 5.62. The molecule has 0 nitrogen and oxygen atoms in total. The lowest BCUT2D eigenvalue weighted by Gasteiger charge is -1.99. The molecule has 0 radical (unpaired) electrons. The minimum Gasteiger partial charge on any atom is -0.176 e. The maximum atomic E-state index is 4.24. The van der Waals surface area contributed by atoms with Crippen LogP contribution in [0.1, 0.15) is 19.8 Å². The Morgan fingerprint density at radius 1 is 1.86 bits per heavy atom. The van der Waals surface area contributed by atoms with Gasteiger partial charge in [-0.15, -0.1) is 6.58 Å². The first-order chi connectivity index (χ1) is 3.31. The molecule has 0 heterocycles. The Morgan fingerprint density at radius 2 is 2.43 bits per heavy atom. The fourth-order valence-corrected chi connectivity index (χ4v) is 0.508. The van der Waals surface area contributed by atoms with Gasteiger partial charge in [0.1, 0.15) is 0 Å². The van der Waals surface area contributed by atoms with E-state index in [9.17, 15) is 0 Å². The van der Waals surface area contributed by atoms with Gasteiger partial charge in [0, 0.05) is 5.25 Å². The monoisotopic (exact) mass is 116 g/mol. The predicted octanol–water partition coefficient (Wildman–Crippen LogP) is 2.27. The highest BCUT2D eigenvalue weighted by Crippen LogP contribution is 2.04. The molecule has 0 aromatic carbocycles. The Labute approximate surface area is 51.0 Å². The molecule has 42 valence electrons. The number of thiol groups is 1. The second-order valence-electron chi connectivity index (χ2n) is 1.59. The molecule has 0 spiro atoms. The van der Waals surface area contributed by atoms with Crippen LogP contribution < -0.4 is 0 Å². The van der Waals surface area contributed by atoms with E-state index in [1.807, 2.05) is 6.08 Å². The second kappa shape index (κ2) is 4.25. The number of hydrogen-bond acceptors (Lipinski definition) is 1. The Hall–Kier alpha value is 0.0900. The van der Waals surface area contributed by atoms with E-state index in [4.69, 9.17) is 0 Å². The normalized spacial score (nSPS) is 13.4. The lowest BCUT2D eigenvalue weighted by Crippen LogP contribution is -1.90. The number of allylic oxidation sites excluding steroid dienone is 1. The Morgan fingerprint density at radius 3 is 2.57 bits per heavy atom. The Bertz CT molecular complexity index is 50.1. The van der Waals surface area contributed by atoms with E-state index < -0.39 is 0 Å². The molecule has 0 saturated carbocycles. The molecule has 0 N–H and O–H groups in total. The first-order valence-corrected chi connectivity index (χ1v) is 3.11. The van der Waals surface area contributed by atoms with Crippen molar-refractivity contribution in [2.24, 2.45) is 0 Å². The van der Waals surface area contributed by atoms with E-state index >= 15 is 0 Å². The average molecular weight is 116 g/mol. The van der Waals surface area contributed by atoms with Crippen LogP contribution >= 0.6 is 12.6 Å². The molecule has 0 rings (SSSR count). The van der Waals surface area contributed by atoms with Crippen molar-refractivity contribution >= 4 is 12.6 Å². The number of rotatable bonds is 3. The third kappa shape index (κ3) is 3.93. The molecule has 0 fully saturated rings. The van der Waals surface area contributed by atoms with Crippen LogP contribution in [0.15, 0.2) is 12.7 Å². The summed E-state index contributed by atoms with van der Waals surface area (Å²) in [5, 5.41) is 0.525. The van der Waals surface area contributed by atoms with Gasteiger partial charge in [0.2, 0.25) is 0 Å². The van der Waals surface area contributed by atoms with Gasteiger partial charge in [-0.1, -0.05) is 13.0 Å². The van der Waals surface area contributed by atoms with Gasteiger partial charge in [-0.05, 0) is 12.8 Å². The van der Waals surface area contributed by atoms with Gasteiger partial charge in [-0.25, -0.2) is 0 Å². The topological polar surface area (TPSA) is 0 Å². The first-order valence-electron chi connectivity index (χ1n) is 2.60. The van der Waals surface area contributed by atoms with Crippen molar-refractivity contribution in [2.75, 3.05) is 0 Å². The summed E-state index contributed by atoms with van der Waals surface area (Å²) in [4.78, 5) is 0. The molecular weight excluding hydrogens is 104 g/mol. The summed E-state index contributed by atoms with van der Waals surface area (Å²) in [5.41, 5.74) is 0. The van der Waals surface area contributed by atoms with Gasteiger partial charge >= 0.3 is 0 Å². The van der Waals surface area contributed by atoms with Gasteiger partial charge in [-0.2, -0.15) is 12.6 Å². The summed E-state index contributed by atoms with van der Waals surface area (Å²) in [6, 6.07) is 0. The van der Waals surface area contributed by atoms with Crippen molar-refractivity contribution in [2.45, 2.75) is 25.0 Å². The highest BCUT2D eigenvalue weighted by atomic mass is 32.1. The molecule has 0 saturated heterocycles.